The van der Waals surface area contributed by atoms with Gasteiger partial charge in [-0.3, -0.25) is 9.89 Å². The number of likely N-dealkylation sites (tertiary alicyclic amines) is 1. The molecular formula is C20H35IN4O. The van der Waals surface area contributed by atoms with Crippen molar-refractivity contribution in [3.63, 3.8) is 0 Å². The largest absolute Gasteiger partial charge is 0.375 e. The normalized spacial score (nSPS) is 17.3. The smallest absolute Gasteiger partial charge is 0.191 e. The van der Waals surface area contributed by atoms with Crippen molar-refractivity contribution in [1.29, 1.82) is 0 Å². The van der Waals surface area contributed by atoms with Crippen molar-refractivity contribution in [2.45, 2.75) is 44.8 Å². The second kappa shape index (κ2) is 11.8. The van der Waals surface area contributed by atoms with Crippen LogP contribution >= 0.6 is 24.0 Å². The number of benzene rings is 1. The number of hydrogen-bond donors (Lipinski definition) is 2. The molecule has 0 amide bonds. The number of guanidine groups is 1. The van der Waals surface area contributed by atoms with Crippen LogP contribution in [0.5, 0.6) is 0 Å². The van der Waals surface area contributed by atoms with Gasteiger partial charge in [0.05, 0.1) is 6.10 Å². The zero-order chi connectivity index (χ0) is 18.1. The maximum atomic E-state index is 5.62. The number of ether oxygens (including phenoxy) is 1. The molecule has 5 nitrogen and oxygen atoms in total. The van der Waals surface area contributed by atoms with Gasteiger partial charge in [0, 0.05) is 32.8 Å². The average Bonchev–Trinajstić information content (AvgIpc) is 2.66. The van der Waals surface area contributed by atoms with Gasteiger partial charge in [0.2, 0.25) is 0 Å². The Morgan fingerprint density at radius 3 is 2.38 bits per heavy atom. The van der Waals surface area contributed by atoms with E-state index in [0.29, 0.717) is 6.54 Å². The van der Waals surface area contributed by atoms with Gasteiger partial charge in [-0.2, -0.15) is 0 Å². The molecule has 0 saturated carbocycles. The Bertz CT molecular complexity index is 530. The summed E-state index contributed by atoms with van der Waals surface area (Å²) in [6.07, 6.45) is 3.99. The predicted molar refractivity (Wildman–Crippen MR) is 120 cm³/mol. The molecule has 1 aliphatic heterocycles. The van der Waals surface area contributed by atoms with Crippen LogP contribution in [0.4, 0.5) is 0 Å². The van der Waals surface area contributed by atoms with E-state index in [0.717, 1.165) is 12.5 Å². The van der Waals surface area contributed by atoms with Gasteiger partial charge in [-0.1, -0.05) is 36.8 Å². The summed E-state index contributed by atoms with van der Waals surface area (Å²) in [5, 5.41) is 6.87. The first-order chi connectivity index (χ1) is 12.1. The van der Waals surface area contributed by atoms with E-state index >= 15 is 0 Å². The van der Waals surface area contributed by atoms with Crippen LogP contribution in [0.25, 0.3) is 0 Å². The van der Waals surface area contributed by atoms with Crippen LogP contribution in [0.2, 0.25) is 0 Å². The number of hydrogen-bond acceptors (Lipinski definition) is 3. The average molecular weight is 474 g/mol. The number of rotatable bonds is 7. The molecule has 1 fully saturated rings. The van der Waals surface area contributed by atoms with Crippen molar-refractivity contribution in [3.05, 3.63) is 35.9 Å². The lowest BCUT2D eigenvalue weighted by Gasteiger charge is -2.41. The Balaban J connectivity index is 0.00000338. The Hall–Kier alpha value is -0.860. The molecule has 0 spiro atoms. The predicted octanol–water partition coefficient (Wildman–Crippen LogP) is 3.42. The number of nitrogens with one attached hydrogen (secondary N) is 2. The highest BCUT2D eigenvalue weighted by Gasteiger charge is 2.27. The van der Waals surface area contributed by atoms with E-state index < -0.39 is 0 Å². The highest BCUT2D eigenvalue weighted by molar-refractivity contribution is 14.0. The molecule has 1 saturated heterocycles. The van der Waals surface area contributed by atoms with Gasteiger partial charge in [0.15, 0.2) is 5.96 Å². The molecule has 6 heteroatoms. The summed E-state index contributed by atoms with van der Waals surface area (Å²) in [6.45, 7) is 8.56. The lowest BCUT2D eigenvalue weighted by Crippen LogP contribution is -2.55. The van der Waals surface area contributed by atoms with E-state index in [2.05, 4.69) is 46.5 Å². The molecule has 0 bridgehead atoms. The van der Waals surface area contributed by atoms with E-state index in [1.807, 2.05) is 25.2 Å². The molecule has 148 valence electrons. The van der Waals surface area contributed by atoms with Crippen molar-refractivity contribution in [2.75, 3.05) is 40.3 Å². The van der Waals surface area contributed by atoms with Gasteiger partial charge >= 0.3 is 0 Å². The summed E-state index contributed by atoms with van der Waals surface area (Å²) in [7, 11) is 3.56. The highest BCUT2D eigenvalue weighted by atomic mass is 127. The van der Waals surface area contributed by atoms with Crippen LogP contribution in [0.1, 0.15) is 44.8 Å². The quantitative estimate of drug-likeness (QED) is 0.361. The fourth-order valence-electron chi connectivity index (χ4n) is 3.33. The molecule has 1 aliphatic rings. The molecule has 0 radical (unpaired) electrons. The molecule has 1 unspecified atom stereocenters. The summed E-state index contributed by atoms with van der Waals surface area (Å²) in [6, 6.07) is 10.3. The number of nitrogens with zero attached hydrogens (tertiary/aromatic N) is 2. The standard InChI is InChI=1S/C20H34N4O.HI/c1-20(2,24-13-9-6-10-14-24)16-23-19(21-3)22-15-18(25-4)17-11-7-5-8-12-17;/h5,7-8,11-12,18H,6,9-10,13-16H2,1-4H3,(H2,21,22,23);1H. The molecule has 1 aromatic rings. The van der Waals surface area contributed by atoms with Gasteiger partial charge in [-0.05, 0) is 45.3 Å². The van der Waals surface area contributed by atoms with Gasteiger partial charge in [-0.25, -0.2) is 0 Å². The van der Waals surface area contributed by atoms with Crippen LogP contribution in [0, 0.1) is 0 Å². The molecule has 26 heavy (non-hydrogen) atoms. The Morgan fingerprint density at radius 2 is 1.81 bits per heavy atom. The van der Waals surface area contributed by atoms with Gasteiger partial charge in [-0.15, -0.1) is 24.0 Å². The van der Waals surface area contributed by atoms with Crippen LogP contribution in [-0.2, 0) is 4.74 Å². The number of methoxy groups -OCH3 is 1. The Labute approximate surface area is 176 Å². The van der Waals surface area contributed by atoms with E-state index in [1.54, 1.807) is 7.11 Å². The van der Waals surface area contributed by atoms with Crippen LogP contribution in [0.3, 0.4) is 0 Å². The first-order valence-electron chi connectivity index (χ1n) is 9.34. The van der Waals surface area contributed by atoms with Crippen molar-refractivity contribution >= 4 is 29.9 Å². The summed E-state index contributed by atoms with van der Waals surface area (Å²) in [5.74, 6) is 0.822. The first-order valence-corrected chi connectivity index (χ1v) is 9.34. The van der Waals surface area contributed by atoms with Crippen molar-refractivity contribution in [1.82, 2.24) is 15.5 Å². The topological polar surface area (TPSA) is 48.9 Å². The fourth-order valence-corrected chi connectivity index (χ4v) is 3.33. The van der Waals surface area contributed by atoms with Gasteiger partial charge < -0.3 is 15.4 Å². The molecule has 1 aromatic carbocycles. The highest BCUT2D eigenvalue weighted by Crippen LogP contribution is 2.20. The van der Waals surface area contributed by atoms with Crippen molar-refractivity contribution in [3.8, 4) is 0 Å². The third kappa shape index (κ3) is 7.04. The summed E-state index contributed by atoms with van der Waals surface area (Å²) in [5.41, 5.74) is 1.29. The van der Waals surface area contributed by atoms with Crippen molar-refractivity contribution < 1.29 is 4.74 Å². The van der Waals surface area contributed by atoms with Crippen molar-refractivity contribution in [2.24, 2.45) is 4.99 Å². The maximum absolute atomic E-state index is 5.62. The molecule has 0 aromatic heterocycles. The SMILES string of the molecule is CN=C(NCC(OC)c1ccccc1)NCC(C)(C)N1CCCCC1.I. The molecule has 2 rings (SSSR count). The van der Waals surface area contributed by atoms with E-state index in [9.17, 15) is 0 Å². The molecular weight excluding hydrogens is 439 g/mol. The number of aliphatic imine (C=N–C) groups is 1. The van der Waals surface area contributed by atoms with E-state index in [1.165, 1.54) is 37.9 Å². The van der Waals surface area contributed by atoms with Gasteiger partial charge in [0.1, 0.15) is 0 Å². The zero-order valence-electron chi connectivity index (χ0n) is 16.6. The first kappa shape index (κ1) is 23.2. The van der Waals surface area contributed by atoms with Crippen LogP contribution in [0.15, 0.2) is 35.3 Å². The number of piperidine rings is 1. The maximum Gasteiger partial charge on any atom is 0.191 e. The Morgan fingerprint density at radius 1 is 1.15 bits per heavy atom. The monoisotopic (exact) mass is 474 g/mol. The number of halogens is 1. The zero-order valence-corrected chi connectivity index (χ0v) is 19.0. The summed E-state index contributed by atoms with van der Waals surface area (Å²) >= 11 is 0. The summed E-state index contributed by atoms with van der Waals surface area (Å²) < 4.78 is 5.62. The third-order valence-electron chi connectivity index (χ3n) is 5.03. The molecule has 1 atom stereocenters. The fraction of sp³-hybridized carbons (Fsp3) is 0.650. The minimum atomic E-state index is 0. The Kier molecular flexibility index (Phi) is 10.5. The molecule has 1 heterocycles. The van der Waals surface area contributed by atoms with Gasteiger partial charge in [0.25, 0.3) is 0 Å². The second-order valence-electron chi connectivity index (χ2n) is 7.30. The minimum absolute atomic E-state index is 0. The lowest BCUT2D eigenvalue weighted by molar-refractivity contribution is 0.0973. The lowest BCUT2D eigenvalue weighted by atomic mass is 9.98. The third-order valence-corrected chi connectivity index (χ3v) is 5.03. The van der Waals surface area contributed by atoms with Crippen LogP contribution in [-0.4, -0.2) is 56.7 Å². The molecule has 2 N–H and O–H groups in total. The minimum Gasteiger partial charge on any atom is -0.375 e. The molecule has 0 aliphatic carbocycles. The van der Waals surface area contributed by atoms with E-state index in [4.69, 9.17) is 4.74 Å². The van der Waals surface area contributed by atoms with E-state index in [-0.39, 0.29) is 35.6 Å². The van der Waals surface area contributed by atoms with Crippen LogP contribution < -0.4 is 10.6 Å². The summed E-state index contributed by atoms with van der Waals surface area (Å²) in [4.78, 5) is 6.94. The second-order valence-corrected chi connectivity index (χ2v) is 7.30.